The van der Waals surface area contributed by atoms with E-state index in [-0.39, 0.29) is 0 Å². The highest BCUT2D eigenvalue weighted by molar-refractivity contribution is 7.12. The lowest BCUT2D eigenvalue weighted by molar-refractivity contribution is 0.457. The van der Waals surface area contributed by atoms with Gasteiger partial charge in [-0.2, -0.15) is 0 Å². The van der Waals surface area contributed by atoms with Gasteiger partial charge in [-0.1, -0.05) is 25.7 Å². The van der Waals surface area contributed by atoms with E-state index in [2.05, 4.69) is 31.3 Å². The molecule has 0 aromatic carbocycles. The first-order chi connectivity index (χ1) is 7.75. The molecular weight excluding hydrogens is 214 g/mol. The molecule has 1 unspecified atom stereocenters. The fraction of sp³-hybridized carbons (Fsp3) is 0.714. The second kappa shape index (κ2) is 5.83. The van der Waals surface area contributed by atoms with Crippen LogP contribution in [0.1, 0.15) is 54.8 Å². The van der Waals surface area contributed by atoms with E-state index in [9.17, 15) is 0 Å². The Balaban J connectivity index is 1.69. The summed E-state index contributed by atoms with van der Waals surface area (Å²) in [4.78, 5) is 2.89. The molecule has 0 aliphatic heterocycles. The highest BCUT2D eigenvalue weighted by Gasteiger charge is 2.15. The van der Waals surface area contributed by atoms with Crippen molar-refractivity contribution in [1.29, 1.82) is 0 Å². The zero-order chi connectivity index (χ0) is 11.4. The summed E-state index contributed by atoms with van der Waals surface area (Å²) in [6, 6.07) is 5.00. The summed E-state index contributed by atoms with van der Waals surface area (Å²) in [5.41, 5.74) is 0. The first kappa shape index (κ1) is 12.1. The summed E-state index contributed by atoms with van der Waals surface area (Å²) in [7, 11) is 0. The predicted octanol–water partition coefficient (Wildman–Crippen LogP) is 4.29. The van der Waals surface area contributed by atoms with Crippen LogP contribution in [-0.2, 0) is 0 Å². The van der Waals surface area contributed by atoms with Crippen LogP contribution in [0.2, 0.25) is 0 Å². The maximum atomic E-state index is 3.65. The van der Waals surface area contributed by atoms with E-state index in [1.54, 1.807) is 0 Å². The normalized spacial score (nSPS) is 19.1. The van der Waals surface area contributed by atoms with Crippen molar-refractivity contribution < 1.29 is 0 Å². The Hall–Kier alpha value is -0.340. The van der Waals surface area contributed by atoms with E-state index in [0.29, 0.717) is 6.04 Å². The Bertz CT molecular complexity index is 312. The highest BCUT2D eigenvalue weighted by atomic mass is 32.1. The Kier molecular flexibility index (Phi) is 4.42. The molecule has 1 saturated carbocycles. The molecule has 2 heteroatoms. The molecule has 1 nitrogen and oxygen atoms in total. The van der Waals surface area contributed by atoms with Crippen molar-refractivity contribution in [2.45, 2.75) is 52.0 Å². The van der Waals surface area contributed by atoms with Crippen LogP contribution < -0.4 is 5.32 Å². The third-order valence-electron chi connectivity index (χ3n) is 3.67. The first-order valence-electron chi connectivity index (χ1n) is 6.55. The van der Waals surface area contributed by atoms with Crippen LogP contribution in [0.4, 0.5) is 0 Å². The molecule has 1 aromatic heterocycles. The van der Waals surface area contributed by atoms with Crippen LogP contribution in [0.5, 0.6) is 0 Å². The van der Waals surface area contributed by atoms with Crippen LogP contribution in [0, 0.1) is 12.8 Å². The Labute approximate surface area is 103 Å². The second-order valence-electron chi connectivity index (χ2n) is 5.06. The Morgan fingerprint density at radius 2 is 2.12 bits per heavy atom. The van der Waals surface area contributed by atoms with Crippen molar-refractivity contribution in [3.63, 3.8) is 0 Å². The maximum absolute atomic E-state index is 3.65. The summed E-state index contributed by atoms with van der Waals surface area (Å²) in [6.45, 7) is 5.64. The van der Waals surface area contributed by atoms with Gasteiger partial charge >= 0.3 is 0 Å². The quantitative estimate of drug-likeness (QED) is 0.805. The summed E-state index contributed by atoms with van der Waals surface area (Å²) in [5, 5.41) is 3.65. The van der Waals surface area contributed by atoms with Crippen molar-refractivity contribution in [3.8, 4) is 0 Å². The molecule has 1 fully saturated rings. The lowest BCUT2D eigenvalue weighted by Gasteiger charge is -2.14. The Morgan fingerprint density at radius 1 is 1.38 bits per heavy atom. The van der Waals surface area contributed by atoms with Gasteiger partial charge in [-0.3, -0.25) is 0 Å². The fourth-order valence-corrected chi connectivity index (χ4v) is 3.49. The van der Waals surface area contributed by atoms with Crippen LogP contribution in [0.3, 0.4) is 0 Å². The summed E-state index contributed by atoms with van der Waals surface area (Å²) in [5.74, 6) is 1.00. The smallest absolute Gasteiger partial charge is 0.0386 e. The molecule has 1 aliphatic carbocycles. The lowest BCUT2D eigenvalue weighted by Crippen LogP contribution is -2.20. The summed E-state index contributed by atoms with van der Waals surface area (Å²) < 4.78 is 0. The van der Waals surface area contributed by atoms with Gasteiger partial charge in [0.05, 0.1) is 0 Å². The first-order valence-corrected chi connectivity index (χ1v) is 7.37. The number of thiophene rings is 1. The van der Waals surface area contributed by atoms with Crippen molar-refractivity contribution in [3.05, 3.63) is 21.9 Å². The van der Waals surface area contributed by atoms with E-state index in [0.717, 1.165) is 5.92 Å². The van der Waals surface area contributed by atoms with Gasteiger partial charge in [0, 0.05) is 15.8 Å². The third-order valence-corrected chi connectivity index (χ3v) is 4.85. The van der Waals surface area contributed by atoms with Crippen molar-refractivity contribution in [2.24, 2.45) is 5.92 Å². The van der Waals surface area contributed by atoms with Crippen LogP contribution in [0.15, 0.2) is 12.1 Å². The minimum Gasteiger partial charge on any atom is -0.309 e. The van der Waals surface area contributed by atoms with Crippen LogP contribution in [0.25, 0.3) is 0 Å². The highest BCUT2D eigenvalue weighted by Crippen LogP contribution is 2.27. The molecule has 1 aromatic rings. The largest absolute Gasteiger partial charge is 0.309 e. The monoisotopic (exact) mass is 237 g/mol. The van der Waals surface area contributed by atoms with Gasteiger partial charge < -0.3 is 5.32 Å². The number of aryl methyl sites for hydroxylation is 1. The SMILES string of the molecule is Cc1ccc(C(C)NCCC2CCCC2)s1. The molecule has 0 bridgehead atoms. The van der Waals surface area contributed by atoms with Gasteiger partial charge in [0.1, 0.15) is 0 Å². The molecule has 90 valence electrons. The molecular formula is C14H23NS. The minimum atomic E-state index is 0.528. The standard InChI is InChI=1S/C14H23NS/c1-11-7-8-14(16-11)12(2)15-10-9-13-5-3-4-6-13/h7-8,12-13,15H,3-6,9-10H2,1-2H3. The second-order valence-corrected chi connectivity index (χ2v) is 6.38. The maximum Gasteiger partial charge on any atom is 0.0386 e. The number of rotatable bonds is 5. The van der Waals surface area contributed by atoms with E-state index in [1.165, 1.54) is 48.4 Å². The van der Waals surface area contributed by atoms with E-state index in [1.807, 2.05) is 11.3 Å². The summed E-state index contributed by atoms with van der Waals surface area (Å²) in [6.07, 6.45) is 7.23. The molecule has 0 amide bonds. The van der Waals surface area contributed by atoms with Crippen molar-refractivity contribution in [2.75, 3.05) is 6.54 Å². The van der Waals surface area contributed by atoms with Crippen molar-refractivity contribution in [1.82, 2.24) is 5.32 Å². The molecule has 0 radical (unpaired) electrons. The van der Waals surface area contributed by atoms with Gasteiger partial charge in [-0.05, 0) is 44.9 Å². The molecule has 1 heterocycles. The fourth-order valence-electron chi connectivity index (χ4n) is 2.59. The number of hydrogen-bond donors (Lipinski definition) is 1. The topological polar surface area (TPSA) is 12.0 Å². The van der Waals surface area contributed by atoms with E-state index in [4.69, 9.17) is 0 Å². The zero-order valence-corrected chi connectivity index (χ0v) is 11.3. The molecule has 1 atom stereocenters. The predicted molar refractivity (Wildman–Crippen MR) is 72.0 cm³/mol. The third kappa shape index (κ3) is 3.33. The Morgan fingerprint density at radius 3 is 2.75 bits per heavy atom. The molecule has 16 heavy (non-hydrogen) atoms. The lowest BCUT2D eigenvalue weighted by atomic mass is 10.0. The van der Waals surface area contributed by atoms with Gasteiger partial charge in [0.15, 0.2) is 0 Å². The van der Waals surface area contributed by atoms with Gasteiger partial charge in [0.2, 0.25) is 0 Å². The average molecular weight is 237 g/mol. The number of hydrogen-bond acceptors (Lipinski definition) is 2. The molecule has 0 saturated heterocycles. The van der Waals surface area contributed by atoms with Crippen LogP contribution >= 0.6 is 11.3 Å². The van der Waals surface area contributed by atoms with Crippen molar-refractivity contribution >= 4 is 11.3 Å². The molecule has 0 spiro atoms. The average Bonchev–Trinajstić information content (AvgIpc) is 2.89. The van der Waals surface area contributed by atoms with Gasteiger partial charge in [-0.15, -0.1) is 11.3 Å². The minimum absolute atomic E-state index is 0.528. The van der Waals surface area contributed by atoms with E-state index >= 15 is 0 Å². The molecule has 1 aliphatic rings. The number of nitrogens with one attached hydrogen (secondary N) is 1. The van der Waals surface area contributed by atoms with E-state index < -0.39 is 0 Å². The summed E-state index contributed by atoms with van der Waals surface area (Å²) >= 11 is 1.92. The zero-order valence-electron chi connectivity index (χ0n) is 10.5. The molecule has 2 rings (SSSR count). The van der Waals surface area contributed by atoms with Crippen LogP contribution in [-0.4, -0.2) is 6.54 Å². The van der Waals surface area contributed by atoms with Gasteiger partial charge in [-0.25, -0.2) is 0 Å². The van der Waals surface area contributed by atoms with Gasteiger partial charge in [0.25, 0.3) is 0 Å². The molecule has 1 N–H and O–H groups in total.